The van der Waals surface area contributed by atoms with Gasteiger partial charge in [0.05, 0.1) is 18.5 Å². The summed E-state index contributed by atoms with van der Waals surface area (Å²) in [4.78, 5) is 4.37. The molecule has 0 amide bonds. The normalized spacial score (nSPS) is 11.6. The van der Waals surface area contributed by atoms with Crippen molar-refractivity contribution >= 4 is 11.5 Å². The van der Waals surface area contributed by atoms with Crippen LogP contribution in [0.4, 0.5) is 5.82 Å². The van der Waals surface area contributed by atoms with E-state index < -0.39 is 0 Å². The molecule has 2 aromatic carbocycles. The Morgan fingerprint density at radius 1 is 1.21 bits per heavy atom. The minimum Gasteiger partial charge on any atom is -0.497 e. The molecule has 0 atom stereocenters. The van der Waals surface area contributed by atoms with Crippen molar-refractivity contribution < 1.29 is 14.5 Å². The second kappa shape index (κ2) is 7.43. The van der Waals surface area contributed by atoms with Gasteiger partial charge in [0.1, 0.15) is 5.75 Å². The summed E-state index contributed by atoms with van der Waals surface area (Å²) in [5.41, 5.74) is 9.10. The first-order valence-electron chi connectivity index (χ1n) is 8.60. The number of nitrogens with zero attached hydrogens (tertiary/aromatic N) is 6. The summed E-state index contributed by atoms with van der Waals surface area (Å²) in [6, 6.07) is 14.5. The maximum absolute atomic E-state index is 8.98. The van der Waals surface area contributed by atoms with Crippen LogP contribution in [0.3, 0.4) is 0 Å². The van der Waals surface area contributed by atoms with E-state index in [0.29, 0.717) is 17.2 Å². The molecule has 0 saturated heterocycles. The van der Waals surface area contributed by atoms with Gasteiger partial charge in [-0.25, -0.2) is 0 Å². The number of nitrogen functional groups attached to an aromatic ring is 1. The molecule has 0 aliphatic heterocycles. The van der Waals surface area contributed by atoms with E-state index in [1.54, 1.807) is 44.4 Å². The lowest BCUT2D eigenvalue weighted by atomic mass is 10.1. The fraction of sp³-hybridized carbons (Fsp3) is 0.105. The molecular weight excluding hydrogens is 374 g/mol. The second-order valence-electron chi connectivity index (χ2n) is 6.12. The standard InChI is InChI=1S/C19H17N7O3/c1-11(23-27)13-4-3-5-14(10-13)26-17(20)16(22-25-26)19-21-18(24-29-19)12-6-8-15(28-2)9-7-12/h3-10,27H,20H2,1-2H3/b23-11+. The van der Waals surface area contributed by atoms with E-state index >= 15 is 0 Å². The molecule has 29 heavy (non-hydrogen) atoms. The summed E-state index contributed by atoms with van der Waals surface area (Å²) in [7, 11) is 1.60. The fourth-order valence-electron chi connectivity index (χ4n) is 2.73. The largest absolute Gasteiger partial charge is 0.497 e. The first-order valence-corrected chi connectivity index (χ1v) is 8.60. The van der Waals surface area contributed by atoms with Gasteiger partial charge in [-0.15, -0.1) is 5.10 Å². The number of anilines is 1. The summed E-state index contributed by atoms with van der Waals surface area (Å²) in [6.45, 7) is 1.69. The van der Waals surface area contributed by atoms with Gasteiger partial charge in [-0.1, -0.05) is 27.7 Å². The molecule has 0 aliphatic carbocycles. The Balaban J connectivity index is 1.67. The molecule has 0 unspecified atom stereocenters. The van der Waals surface area contributed by atoms with Crippen LogP contribution in [0.5, 0.6) is 5.75 Å². The summed E-state index contributed by atoms with van der Waals surface area (Å²) < 4.78 is 11.9. The van der Waals surface area contributed by atoms with Gasteiger partial charge in [0.25, 0.3) is 5.89 Å². The van der Waals surface area contributed by atoms with Gasteiger partial charge >= 0.3 is 0 Å². The molecule has 0 radical (unpaired) electrons. The van der Waals surface area contributed by atoms with E-state index in [4.69, 9.17) is 20.2 Å². The number of aromatic nitrogens is 5. The van der Waals surface area contributed by atoms with Crippen LogP contribution in [0.25, 0.3) is 28.7 Å². The lowest BCUT2D eigenvalue weighted by Gasteiger charge is -2.05. The quantitative estimate of drug-likeness (QED) is 0.301. The van der Waals surface area contributed by atoms with Gasteiger partial charge in [0, 0.05) is 11.1 Å². The molecule has 10 heteroatoms. The Kier molecular flexibility index (Phi) is 4.65. The molecule has 2 aromatic heterocycles. The molecule has 4 rings (SSSR count). The zero-order chi connectivity index (χ0) is 20.4. The highest BCUT2D eigenvalue weighted by Gasteiger charge is 2.20. The number of benzene rings is 2. The predicted molar refractivity (Wildman–Crippen MR) is 105 cm³/mol. The molecule has 2 heterocycles. The van der Waals surface area contributed by atoms with Crippen LogP contribution in [0.1, 0.15) is 12.5 Å². The third-order valence-corrected chi connectivity index (χ3v) is 4.34. The lowest BCUT2D eigenvalue weighted by molar-refractivity contribution is 0.319. The minimum absolute atomic E-state index is 0.156. The van der Waals surface area contributed by atoms with E-state index in [1.807, 2.05) is 18.2 Å². The molecule has 0 fully saturated rings. The number of ether oxygens (including phenoxy) is 1. The Bertz CT molecular complexity index is 1180. The highest BCUT2D eigenvalue weighted by Crippen LogP contribution is 2.27. The number of hydrogen-bond donors (Lipinski definition) is 2. The third kappa shape index (κ3) is 3.38. The lowest BCUT2D eigenvalue weighted by Crippen LogP contribution is -2.04. The van der Waals surface area contributed by atoms with Crippen molar-refractivity contribution in [2.24, 2.45) is 5.16 Å². The van der Waals surface area contributed by atoms with Gasteiger partial charge in [0.2, 0.25) is 5.82 Å². The summed E-state index contributed by atoms with van der Waals surface area (Å²) >= 11 is 0. The topological polar surface area (TPSA) is 137 Å². The van der Waals surface area contributed by atoms with Crippen LogP contribution >= 0.6 is 0 Å². The van der Waals surface area contributed by atoms with Crippen LogP contribution in [0, 0.1) is 0 Å². The van der Waals surface area contributed by atoms with Crippen LogP contribution in [0.15, 0.2) is 58.2 Å². The van der Waals surface area contributed by atoms with Crippen molar-refractivity contribution in [3.05, 3.63) is 54.1 Å². The second-order valence-corrected chi connectivity index (χ2v) is 6.12. The van der Waals surface area contributed by atoms with E-state index in [-0.39, 0.29) is 17.4 Å². The van der Waals surface area contributed by atoms with Crippen molar-refractivity contribution in [2.45, 2.75) is 6.92 Å². The van der Waals surface area contributed by atoms with Gasteiger partial charge < -0.3 is 20.2 Å². The monoisotopic (exact) mass is 391 g/mol. The third-order valence-electron chi connectivity index (χ3n) is 4.34. The fourth-order valence-corrected chi connectivity index (χ4v) is 2.73. The highest BCUT2D eigenvalue weighted by atomic mass is 16.5. The Morgan fingerprint density at radius 3 is 2.72 bits per heavy atom. The van der Waals surface area contributed by atoms with Gasteiger partial charge in [-0.2, -0.15) is 9.67 Å². The van der Waals surface area contributed by atoms with Crippen LogP contribution in [0.2, 0.25) is 0 Å². The van der Waals surface area contributed by atoms with Crippen LogP contribution in [-0.4, -0.2) is 43.2 Å². The molecule has 3 N–H and O–H groups in total. The number of hydrogen-bond acceptors (Lipinski definition) is 9. The average Bonchev–Trinajstić information content (AvgIpc) is 3.40. The zero-order valence-electron chi connectivity index (χ0n) is 15.6. The van der Waals surface area contributed by atoms with E-state index in [0.717, 1.165) is 16.9 Å². The van der Waals surface area contributed by atoms with E-state index in [2.05, 4.69) is 25.6 Å². The molecule has 10 nitrogen and oxygen atoms in total. The average molecular weight is 391 g/mol. The smallest absolute Gasteiger partial charge is 0.282 e. The van der Waals surface area contributed by atoms with E-state index in [1.165, 1.54) is 4.68 Å². The summed E-state index contributed by atoms with van der Waals surface area (Å²) in [5, 5.41) is 24.3. The summed E-state index contributed by atoms with van der Waals surface area (Å²) in [5.74, 6) is 1.52. The van der Waals surface area contributed by atoms with Crippen molar-refractivity contribution in [2.75, 3.05) is 12.8 Å². The summed E-state index contributed by atoms with van der Waals surface area (Å²) in [6.07, 6.45) is 0. The Morgan fingerprint density at radius 2 is 2.00 bits per heavy atom. The Hall–Kier alpha value is -4.21. The zero-order valence-corrected chi connectivity index (χ0v) is 15.6. The SMILES string of the molecule is COc1ccc(-c2noc(-c3nnn(-c4cccc(/C(C)=N/O)c4)c3N)n2)cc1. The first-order chi connectivity index (χ1) is 14.1. The van der Waals surface area contributed by atoms with Gasteiger partial charge in [-0.3, -0.25) is 0 Å². The van der Waals surface area contributed by atoms with Crippen molar-refractivity contribution in [3.8, 4) is 34.4 Å². The molecule has 0 saturated carbocycles. The van der Waals surface area contributed by atoms with Gasteiger partial charge in [0.15, 0.2) is 11.5 Å². The van der Waals surface area contributed by atoms with Crippen molar-refractivity contribution in [1.29, 1.82) is 0 Å². The number of oxime groups is 1. The molecule has 0 spiro atoms. The Labute approximate surface area is 165 Å². The van der Waals surface area contributed by atoms with Crippen molar-refractivity contribution in [1.82, 2.24) is 25.1 Å². The first kappa shape index (κ1) is 18.2. The number of nitrogens with two attached hydrogens (primary N) is 1. The van der Waals surface area contributed by atoms with E-state index in [9.17, 15) is 0 Å². The minimum atomic E-state index is 0.156. The number of rotatable bonds is 5. The number of methoxy groups -OCH3 is 1. The molecule has 0 aliphatic rings. The highest BCUT2D eigenvalue weighted by molar-refractivity contribution is 5.98. The molecule has 4 aromatic rings. The predicted octanol–water partition coefficient (Wildman–Crippen LogP) is 2.77. The van der Waals surface area contributed by atoms with Crippen LogP contribution < -0.4 is 10.5 Å². The molecular formula is C19H17N7O3. The van der Waals surface area contributed by atoms with Gasteiger partial charge in [-0.05, 0) is 43.3 Å². The maximum atomic E-state index is 8.98. The van der Waals surface area contributed by atoms with Crippen LogP contribution in [-0.2, 0) is 0 Å². The molecule has 0 bridgehead atoms. The maximum Gasteiger partial charge on any atom is 0.282 e. The van der Waals surface area contributed by atoms with Crippen molar-refractivity contribution in [3.63, 3.8) is 0 Å². The molecule has 146 valence electrons.